The van der Waals surface area contributed by atoms with Crippen molar-refractivity contribution >= 4 is 52.1 Å². The highest BCUT2D eigenvalue weighted by atomic mass is 32.1. The molecule has 14 heteroatoms. The number of thiazole rings is 1. The quantitative estimate of drug-likeness (QED) is 0.125. The lowest BCUT2D eigenvalue weighted by Crippen LogP contribution is -2.62. The van der Waals surface area contributed by atoms with Crippen LogP contribution < -0.4 is 22.5 Å². The number of fused-ring (bicyclic) bond motifs is 1. The average Bonchev–Trinajstić information content (AvgIpc) is 3.66. The molecule has 2 fully saturated rings. The number of thiophene rings is 1. The zero-order valence-corrected chi connectivity index (χ0v) is 22.5. The molecule has 2 aliphatic heterocycles. The zero-order chi connectivity index (χ0) is 27.2. The van der Waals surface area contributed by atoms with Gasteiger partial charge in [-0.15, -0.1) is 11.3 Å². The third kappa shape index (κ3) is 6.55. The van der Waals surface area contributed by atoms with Crippen molar-refractivity contribution in [1.82, 2.24) is 20.1 Å². The van der Waals surface area contributed by atoms with Crippen molar-refractivity contribution < 1.29 is 19.2 Å². The first kappa shape index (κ1) is 27.7. The summed E-state index contributed by atoms with van der Waals surface area (Å²) in [5.74, 6) is -1.31. The molecule has 4 heterocycles. The number of carbonyl (C=O) groups is 4. The maximum Gasteiger partial charge on any atom is 0.243 e. The summed E-state index contributed by atoms with van der Waals surface area (Å²) in [6.07, 6.45) is 3.74. The van der Waals surface area contributed by atoms with Crippen molar-refractivity contribution in [3.05, 3.63) is 39.0 Å². The number of nitrogens with zero attached hydrogens (tertiary/aromatic N) is 4. The van der Waals surface area contributed by atoms with Gasteiger partial charge in [-0.3, -0.25) is 24.2 Å². The van der Waals surface area contributed by atoms with Gasteiger partial charge >= 0.3 is 0 Å². The Hall–Kier alpha value is -3.36. The Labute approximate surface area is 228 Å². The number of piperazine rings is 1. The molecule has 2 aromatic heterocycles. The number of nitrogens with two attached hydrogens (primary N) is 3. The van der Waals surface area contributed by atoms with E-state index in [1.165, 1.54) is 33.8 Å². The second-order valence-electron chi connectivity index (χ2n) is 9.42. The SMILES string of the molecule is NC(N)=NCCCC(NC(=O)C1CCC2CN(C(=O)C(N)Cc3ccsc3)CC(=O)N21)C(=O)c1nccs1. The number of amides is 3. The van der Waals surface area contributed by atoms with Gasteiger partial charge in [0.05, 0.1) is 24.7 Å². The number of hydrogen-bond donors (Lipinski definition) is 4. The topological polar surface area (TPSA) is 190 Å². The minimum Gasteiger partial charge on any atom is -0.370 e. The first-order valence-corrected chi connectivity index (χ1v) is 14.2. The maximum atomic E-state index is 13.3. The van der Waals surface area contributed by atoms with Crippen LogP contribution in [0.5, 0.6) is 0 Å². The van der Waals surface area contributed by atoms with Crippen LogP contribution in [0.4, 0.5) is 0 Å². The third-order valence-electron chi connectivity index (χ3n) is 6.74. The molecule has 4 unspecified atom stereocenters. The number of aliphatic imine (C=N–C) groups is 1. The molecule has 12 nitrogen and oxygen atoms in total. The first-order valence-electron chi connectivity index (χ1n) is 12.4. The van der Waals surface area contributed by atoms with Crippen LogP contribution in [-0.2, 0) is 20.8 Å². The van der Waals surface area contributed by atoms with E-state index in [9.17, 15) is 19.2 Å². The Morgan fingerprint density at radius 2 is 2.05 bits per heavy atom. The van der Waals surface area contributed by atoms with E-state index < -0.39 is 24.0 Å². The largest absolute Gasteiger partial charge is 0.370 e. The van der Waals surface area contributed by atoms with Crippen molar-refractivity contribution in [2.75, 3.05) is 19.6 Å². The Morgan fingerprint density at radius 3 is 2.74 bits per heavy atom. The monoisotopic (exact) mass is 560 g/mol. The Balaban J connectivity index is 1.38. The molecule has 7 N–H and O–H groups in total. The van der Waals surface area contributed by atoms with Crippen molar-refractivity contribution in [3.63, 3.8) is 0 Å². The van der Waals surface area contributed by atoms with Gasteiger partial charge in [-0.05, 0) is 54.5 Å². The number of carbonyl (C=O) groups excluding carboxylic acids is 4. The Morgan fingerprint density at radius 1 is 1.24 bits per heavy atom. The molecule has 0 aliphatic carbocycles. The summed E-state index contributed by atoms with van der Waals surface area (Å²) in [5, 5.41) is 8.70. The molecular formula is C24H32N8O4S2. The minimum absolute atomic E-state index is 0.0441. The summed E-state index contributed by atoms with van der Waals surface area (Å²) < 4.78 is 0. The second-order valence-corrected chi connectivity index (χ2v) is 11.1. The summed E-state index contributed by atoms with van der Waals surface area (Å²) in [7, 11) is 0. The molecule has 0 radical (unpaired) electrons. The molecule has 4 rings (SSSR count). The van der Waals surface area contributed by atoms with Gasteiger partial charge in [0, 0.05) is 24.7 Å². The highest BCUT2D eigenvalue weighted by Gasteiger charge is 2.46. The van der Waals surface area contributed by atoms with Gasteiger partial charge in [0.15, 0.2) is 11.0 Å². The number of ketones is 1. The molecular weight excluding hydrogens is 528 g/mol. The van der Waals surface area contributed by atoms with Gasteiger partial charge in [-0.1, -0.05) is 0 Å². The third-order valence-corrected chi connectivity index (χ3v) is 8.26. The Bertz CT molecular complexity index is 1170. The zero-order valence-electron chi connectivity index (χ0n) is 20.8. The van der Waals surface area contributed by atoms with E-state index in [1.54, 1.807) is 10.3 Å². The van der Waals surface area contributed by atoms with Crippen molar-refractivity contribution in [2.24, 2.45) is 22.2 Å². The van der Waals surface area contributed by atoms with Gasteiger partial charge in [-0.2, -0.15) is 11.3 Å². The molecule has 3 amide bonds. The maximum absolute atomic E-state index is 13.3. The fourth-order valence-electron chi connectivity index (χ4n) is 4.95. The Kier molecular flexibility index (Phi) is 9.07. The van der Waals surface area contributed by atoms with Crippen LogP contribution in [0.1, 0.15) is 41.0 Å². The minimum atomic E-state index is -0.824. The lowest BCUT2D eigenvalue weighted by Gasteiger charge is -2.40. The van der Waals surface area contributed by atoms with E-state index in [2.05, 4.69) is 15.3 Å². The smallest absolute Gasteiger partial charge is 0.243 e. The number of rotatable bonds is 11. The number of guanidine groups is 1. The summed E-state index contributed by atoms with van der Waals surface area (Å²) in [6, 6.07) is -0.627. The van der Waals surface area contributed by atoms with Crippen LogP contribution in [0, 0.1) is 0 Å². The lowest BCUT2D eigenvalue weighted by atomic mass is 10.1. The molecule has 38 heavy (non-hydrogen) atoms. The van der Waals surface area contributed by atoms with Crippen LogP contribution >= 0.6 is 22.7 Å². The van der Waals surface area contributed by atoms with Gasteiger partial charge in [0.2, 0.25) is 23.5 Å². The number of hydrogen-bond acceptors (Lipinski definition) is 9. The number of aromatic nitrogens is 1. The van der Waals surface area contributed by atoms with Crippen LogP contribution in [-0.4, -0.2) is 88.0 Å². The van der Waals surface area contributed by atoms with Crippen molar-refractivity contribution in [1.29, 1.82) is 0 Å². The molecule has 0 saturated carbocycles. The van der Waals surface area contributed by atoms with Gasteiger partial charge in [0.25, 0.3) is 0 Å². The van der Waals surface area contributed by atoms with Crippen LogP contribution in [0.15, 0.2) is 33.4 Å². The summed E-state index contributed by atoms with van der Waals surface area (Å²) in [6.45, 7) is 0.510. The summed E-state index contributed by atoms with van der Waals surface area (Å²) in [4.78, 5) is 63.5. The molecule has 2 aromatic rings. The number of Topliss-reactive ketones (excluding diaryl/α,β-unsaturated/α-hetero) is 1. The van der Waals surface area contributed by atoms with Crippen LogP contribution in [0.3, 0.4) is 0 Å². The fourth-order valence-corrected chi connectivity index (χ4v) is 6.26. The highest BCUT2D eigenvalue weighted by molar-refractivity contribution is 7.11. The van der Waals surface area contributed by atoms with Crippen LogP contribution in [0.25, 0.3) is 0 Å². The molecule has 2 saturated heterocycles. The lowest BCUT2D eigenvalue weighted by molar-refractivity contribution is -0.151. The first-order chi connectivity index (χ1) is 18.2. The van der Waals surface area contributed by atoms with E-state index >= 15 is 0 Å². The average molecular weight is 561 g/mol. The van der Waals surface area contributed by atoms with Gasteiger partial charge in [-0.25, -0.2) is 4.98 Å². The van der Waals surface area contributed by atoms with E-state index in [4.69, 9.17) is 17.2 Å². The standard InChI is InChI=1S/C24H32N8O4S2/c25-16(10-14-5-8-37-13-14)23(36)31-11-15-3-4-18(32(15)19(33)12-31)21(35)30-17(2-1-6-29-24(26)27)20(34)22-28-7-9-38-22/h5,7-9,13,15-18H,1-4,6,10-12,25H2,(H,30,35)(H4,26,27,29). The summed E-state index contributed by atoms with van der Waals surface area (Å²) >= 11 is 2.73. The van der Waals surface area contributed by atoms with Gasteiger partial charge < -0.3 is 32.3 Å². The normalized spacial score (nSPS) is 20.5. The van der Waals surface area contributed by atoms with Crippen molar-refractivity contribution in [3.8, 4) is 0 Å². The fraction of sp³-hybridized carbons (Fsp3) is 0.500. The molecule has 0 aromatic carbocycles. The molecule has 2 aliphatic rings. The molecule has 0 bridgehead atoms. The summed E-state index contributed by atoms with van der Waals surface area (Å²) in [5.41, 5.74) is 17.9. The van der Waals surface area contributed by atoms with E-state index in [-0.39, 0.29) is 36.1 Å². The predicted octanol–water partition coefficient (Wildman–Crippen LogP) is -0.302. The van der Waals surface area contributed by atoms with E-state index in [1.807, 2.05) is 16.8 Å². The second kappa shape index (κ2) is 12.5. The van der Waals surface area contributed by atoms with Crippen molar-refractivity contribution in [2.45, 2.75) is 56.3 Å². The highest BCUT2D eigenvalue weighted by Crippen LogP contribution is 2.29. The molecule has 0 spiro atoms. The van der Waals surface area contributed by atoms with Gasteiger partial charge in [0.1, 0.15) is 6.04 Å². The van der Waals surface area contributed by atoms with E-state index in [0.717, 1.165) is 5.56 Å². The number of nitrogens with one attached hydrogen (secondary N) is 1. The molecule has 204 valence electrons. The predicted molar refractivity (Wildman–Crippen MR) is 145 cm³/mol. The van der Waals surface area contributed by atoms with E-state index in [0.29, 0.717) is 50.2 Å². The molecule has 4 atom stereocenters. The van der Waals surface area contributed by atoms with Crippen LogP contribution in [0.2, 0.25) is 0 Å².